The maximum Gasteiger partial charge on any atom is 0.251 e. The molecule has 1 aromatic rings. The lowest BCUT2D eigenvalue weighted by atomic mass is 9.77. The van der Waals surface area contributed by atoms with Crippen LogP contribution in [0.25, 0.3) is 0 Å². The van der Waals surface area contributed by atoms with Gasteiger partial charge in [0.1, 0.15) is 23.2 Å². The lowest BCUT2D eigenvalue weighted by Gasteiger charge is -2.49. The normalized spacial score (nSPS) is 22.2. The summed E-state index contributed by atoms with van der Waals surface area (Å²) in [4.78, 5) is 14.5. The number of benzene rings is 1. The largest absolute Gasteiger partial charge is 0.496 e. The van der Waals surface area contributed by atoms with Crippen molar-refractivity contribution in [2.45, 2.75) is 77.0 Å². The molecular formula is C24H32N2O4. The van der Waals surface area contributed by atoms with E-state index in [1.165, 1.54) is 6.08 Å². The zero-order valence-electron chi connectivity index (χ0n) is 18.2. The number of nitriles is 1. The van der Waals surface area contributed by atoms with Crippen LogP contribution >= 0.6 is 0 Å². The maximum absolute atomic E-state index is 12.9. The van der Waals surface area contributed by atoms with Crippen LogP contribution in [0.1, 0.15) is 76.5 Å². The van der Waals surface area contributed by atoms with Gasteiger partial charge in [-0.05, 0) is 50.8 Å². The third-order valence-electron chi connectivity index (χ3n) is 6.08. The zero-order chi connectivity index (χ0) is 21.7. The molecular weight excluding hydrogens is 380 g/mol. The minimum absolute atomic E-state index is 0.183. The molecule has 0 saturated heterocycles. The summed E-state index contributed by atoms with van der Waals surface area (Å²) in [6.45, 7) is 6.91. The van der Waals surface area contributed by atoms with Crippen LogP contribution in [0.2, 0.25) is 0 Å². The fourth-order valence-electron chi connectivity index (χ4n) is 4.51. The molecule has 0 aliphatic carbocycles. The van der Waals surface area contributed by atoms with Crippen LogP contribution in [0.4, 0.5) is 0 Å². The average Bonchev–Trinajstić information content (AvgIpc) is 3.11. The molecule has 162 valence electrons. The van der Waals surface area contributed by atoms with E-state index in [1.54, 1.807) is 23.1 Å². The highest BCUT2D eigenvalue weighted by molar-refractivity contribution is 5.91. The summed E-state index contributed by atoms with van der Waals surface area (Å²) in [6.07, 6.45) is 5.88. The highest BCUT2D eigenvalue weighted by Gasteiger charge is 2.52. The second kappa shape index (κ2) is 9.53. The van der Waals surface area contributed by atoms with Crippen molar-refractivity contribution in [2.75, 3.05) is 13.2 Å². The molecule has 0 radical (unpaired) electrons. The third kappa shape index (κ3) is 4.17. The Morgan fingerprint density at radius 3 is 2.57 bits per heavy atom. The first-order chi connectivity index (χ1) is 14.5. The van der Waals surface area contributed by atoms with Crippen LogP contribution in [-0.4, -0.2) is 40.8 Å². The van der Waals surface area contributed by atoms with Gasteiger partial charge in [0.25, 0.3) is 5.91 Å². The van der Waals surface area contributed by atoms with Gasteiger partial charge in [-0.1, -0.05) is 26.7 Å². The van der Waals surface area contributed by atoms with Crippen LogP contribution in [0.15, 0.2) is 30.0 Å². The van der Waals surface area contributed by atoms with Gasteiger partial charge in [0.05, 0.1) is 30.8 Å². The number of aliphatic hydroxyl groups is 1. The number of carbonyl (C=O) groups excluding carboxylic acids is 1. The van der Waals surface area contributed by atoms with E-state index in [0.717, 1.165) is 25.7 Å². The van der Waals surface area contributed by atoms with E-state index >= 15 is 0 Å². The fraction of sp³-hybridized carbons (Fsp3) is 0.583. The van der Waals surface area contributed by atoms with Gasteiger partial charge < -0.3 is 19.5 Å². The number of hydrogen-bond donors (Lipinski definition) is 1. The second-order valence-corrected chi connectivity index (χ2v) is 8.14. The standard InChI is InChI=1S/C24H32N2O4/c1-4-7-11-24(12-8-5-2)23(28)22(26-16-18(29-6-3)14-21(26)27)19-13-17(15-25)9-10-20(19)30-24/h9-10,13-14,22-23,28H,4-8,11-12,16H2,1-3H3/t22-,23+/m1/s1. The lowest BCUT2D eigenvalue weighted by molar-refractivity contribution is -0.144. The van der Waals surface area contributed by atoms with Gasteiger partial charge in [0.15, 0.2) is 0 Å². The summed E-state index contributed by atoms with van der Waals surface area (Å²) < 4.78 is 12.1. The molecule has 3 rings (SSSR count). The molecule has 2 aliphatic heterocycles. The number of carbonyl (C=O) groups is 1. The number of amides is 1. The monoisotopic (exact) mass is 412 g/mol. The highest BCUT2D eigenvalue weighted by Crippen LogP contribution is 2.48. The Hall–Kier alpha value is -2.52. The number of aliphatic hydroxyl groups excluding tert-OH is 1. The van der Waals surface area contributed by atoms with Gasteiger partial charge in [-0.3, -0.25) is 4.79 Å². The molecule has 0 fully saturated rings. The van der Waals surface area contributed by atoms with Gasteiger partial charge in [-0.15, -0.1) is 0 Å². The summed E-state index contributed by atoms with van der Waals surface area (Å²) in [6, 6.07) is 6.84. The third-order valence-corrected chi connectivity index (χ3v) is 6.08. The summed E-state index contributed by atoms with van der Waals surface area (Å²) in [5.74, 6) is 1.07. The topological polar surface area (TPSA) is 82.8 Å². The van der Waals surface area contributed by atoms with E-state index in [4.69, 9.17) is 9.47 Å². The van der Waals surface area contributed by atoms with Crippen molar-refractivity contribution in [2.24, 2.45) is 0 Å². The Balaban J connectivity index is 2.06. The summed E-state index contributed by atoms with van der Waals surface area (Å²) in [5.41, 5.74) is 0.408. The van der Waals surface area contributed by atoms with Crippen LogP contribution in [-0.2, 0) is 9.53 Å². The molecule has 6 heteroatoms. The van der Waals surface area contributed by atoms with Crippen LogP contribution in [0.5, 0.6) is 5.75 Å². The van der Waals surface area contributed by atoms with Crippen LogP contribution < -0.4 is 4.74 Å². The van der Waals surface area contributed by atoms with Crippen molar-refractivity contribution >= 4 is 5.91 Å². The average molecular weight is 413 g/mol. The molecule has 0 bridgehead atoms. The predicted molar refractivity (Wildman–Crippen MR) is 114 cm³/mol. The SMILES string of the molecule is CCCCC1(CCCC)Oc2ccc(C#N)cc2[C@@H](N2CC(OCC)=CC2=O)[C@@H]1O. The first kappa shape index (κ1) is 22.2. The highest BCUT2D eigenvalue weighted by atomic mass is 16.5. The van der Waals surface area contributed by atoms with Crippen LogP contribution in [0.3, 0.4) is 0 Å². The van der Waals surface area contributed by atoms with Crippen molar-refractivity contribution < 1.29 is 19.4 Å². The Morgan fingerprint density at radius 1 is 1.27 bits per heavy atom. The summed E-state index contributed by atoms with van der Waals surface area (Å²) in [7, 11) is 0. The van der Waals surface area contributed by atoms with E-state index < -0.39 is 17.7 Å². The van der Waals surface area contributed by atoms with Gasteiger partial charge in [0, 0.05) is 11.6 Å². The van der Waals surface area contributed by atoms with E-state index in [2.05, 4.69) is 19.9 Å². The number of hydrogen-bond acceptors (Lipinski definition) is 5. The van der Waals surface area contributed by atoms with Crippen molar-refractivity contribution in [3.05, 3.63) is 41.2 Å². The smallest absolute Gasteiger partial charge is 0.251 e. The summed E-state index contributed by atoms with van der Waals surface area (Å²) in [5, 5.41) is 21.1. The van der Waals surface area contributed by atoms with Crippen LogP contribution in [0, 0.1) is 11.3 Å². The van der Waals surface area contributed by atoms with Crippen molar-refractivity contribution in [3.63, 3.8) is 0 Å². The van der Waals surface area contributed by atoms with Crippen molar-refractivity contribution in [1.29, 1.82) is 5.26 Å². The molecule has 1 amide bonds. The van der Waals surface area contributed by atoms with E-state index in [9.17, 15) is 15.2 Å². The minimum Gasteiger partial charge on any atom is -0.496 e. The van der Waals surface area contributed by atoms with E-state index in [1.807, 2.05) is 6.92 Å². The first-order valence-electron chi connectivity index (χ1n) is 11.0. The van der Waals surface area contributed by atoms with Gasteiger partial charge in [-0.2, -0.15) is 5.26 Å². The number of nitrogens with zero attached hydrogens (tertiary/aromatic N) is 2. The number of ether oxygens (including phenoxy) is 2. The number of rotatable bonds is 9. The molecule has 1 aromatic carbocycles. The molecule has 6 nitrogen and oxygen atoms in total. The molecule has 0 saturated carbocycles. The Morgan fingerprint density at radius 2 is 1.97 bits per heavy atom. The summed E-state index contributed by atoms with van der Waals surface area (Å²) >= 11 is 0. The van der Waals surface area contributed by atoms with Gasteiger partial charge >= 0.3 is 0 Å². The minimum atomic E-state index is -0.893. The molecule has 30 heavy (non-hydrogen) atoms. The Bertz CT molecular complexity index is 834. The fourth-order valence-corrected chi connectivity index (χ4v) is 4.51. The number of fused-ring (bicyclic) bond motifs is 1. The number of unbranched alkanes of at least 4 members (excludes halogenated alkanes) is 2. The molecule has 2 atom stereocenters. The molecule has 2 aliphatic rings. The van der Waals surface area contributed by atoms with Crippen molar-refractivity contribution in [1.82, 2.24) is 4.90 Å². The Labute approximate surface area is 179 Å². The van der Waals surface area contributed by atoms with Gasteiger partial charge in [-0.25, -0.2) is 0 Å². The van der Waals surface area contributed by atoms with Crippen molar-refractivity contribution in [3.8, 4) is 11.8 Å². The second-order valence-electron chi connectivity index (χ2n) is 8.14. The predicted octanol–water partition coefficient (Wildman–Crippen LogP) is 4.23. The van der Waals surface area contributed by atoms with Gasteiger partial charge in [0.2, 0.25) is 0 Å². The molecule has 0 spiro atoms. The maximum atomic E-state index is 12.9. The quantitative estimate of drug-likeness (QED) is 0.656. The molecule has 0 aromatic heterocycles. The van der Waals surface area contributed by atoms with E-state index in [0.29, 0.717) is 48.6 Å². The Kier molecular flexibility index (Phi) is 7.04. The molecule has 2 heterocycles. The zero-order valence-corrected chi connectivity index (χ0v) is 18.2. The molecule has 0 unspecified atom stereocenters. The first-order valence-corrected chi connectivity index (χ1v) is 11.0. The lowest BCUT2D eigenvalue weighted by Crippen LogP contribution is -2.57. The molecule has 1 N–H and O–H groups in total. The van der Waals surface area contributed by atoms with E-state index in [-0.39, 0.29) is 5.91 Å².